The zero-order valence-electron chi connectivity index (χ0n) is 7.56. The number of carbonyl (C=O) groups is 1. The lowest BCUT2D eigenvalue weighted by atomic mass is 10.2. The molecule has 0 spiro atoms. The van der Waals surface area contributed by atoms with Crippen LogP contribution in [-0.2, 0) is 4.74 Å². The summed E-state index contributed by atoms with van der Waals surface area (Å²) in [6.45, 7) is 0. The van der Waals surface area contributed by atoms with Crippen molar-refractivity contribution in [3.8, 4) is 5.75 Å². The highest BCUT2D eigenvalue weighted by Crippen LogP contribution is 2.29. The summed E-state index contributed by atoms with van der Waals surface area (Å²) in [6.07, 6.45) is 0. The number of phenols is 1. The number of aromatic hydroxyl groups is 1. The van der Waals surface area contributed by atoms with E-state index in [9.17, 15) is 20.0 Å². The number of phenolic OH excluding ortho intramolecular Hbond substituents is 1. The van der Waals surface area contributed by atoms with Gasteiger partial charge in [0.1, 0.15) is 11.3 Å². The van der Waals surface area contributed by atoms with Crippen LogP contribution in [0.5, 0.6) is 5.75 Å². The van der Waals surface area contributed by atoms with E-state index in [4.69, 9.17) is 0 Å². The fourth-order valence-corrected chi connectivity index (χ4v) is 1.63. The summed E-state index contributed by atoms with van der Waals surface area (Å²) < 4.78 is 4.66. The number of nitro groups is 1. The van der Waals surface area contributed by atoms with E-state index in [1.807, 2.05) is 0 Å². The third-order valence-electron chi connectivity index (χ3n) is 1.67. The van der Waals surface area contributed by atoms with Crippen molar-refractivity contribution in [3.05, 3.63) is 31.4 Å². The van der Waals surface area contributed by atoms with Gasteiger partial charge in [-0.15, -0.1) is 0 Å². The van der Waals surface area contributed by atoms with Crippen LogP contribution in [0.4, 0.5) is 5.69 Å². The Kier molecular flexibility index (Phi) is 3.45. The third-order valence-corrected chi connectivity index (χ3v) is 2.53. The molecule has 1 rings (SSSR count). The van der Waals surface area contributed by atoms with E-state index in [1.165, 1.54) is 6.07 Å². The molecule has 0 amide bonds. The van der Waals surface area contributed by atoms with Gasteiger partial charge in [-0.05, 0) is 28.7 Å². The molecular weight excluding hydrogens is 317 g/mol. The molecule has 1 aromatic rings. The molecule has 6 nitrogen and oxygen atoms in total. The topological polar surface area (TPSA) is 89.7 Å². The van der Waals surface area contributed by atoms with Crippen LogP contribution in [0, 0.1) is 13.7 Å². The second kappa shape index (κ2) is 4.43. The van der Waals surface area contributed by atoms with Crippen molar-refractivity contribution in [2.24, 2.45) is 0 Å². The molecule has 0 bridgehead atoms. The molecule has 0 fully saturated rings. The minimum absolute atomic E-state index is 0.0903. The number of nitrogens with zero attached hydrogens (tertiary/aromatic N) is 1. The number of hydrogen-bond donors (Lipinski definition) is 1. The fourth-order valence-electron chi connectivity index (χ4n) is 0.964. The van der Waals surface area contributed by atoms with Crippen molar-refractivity contribution in [1.82, 2.24) is 0 Å². The molecule has 0 atom stereocenters. The minimum atomic E-state index is -0.736. The molecule has 0 radical (unpaired) electrons. The summed E-state index contributed by atoms with van der Waals surface area (Å²) in [6, 6.07) is 2.13. The van der Waals surface area contributed by atoms with Gasteiger partial charge in [0.05, 0.1) is 21.7 Å². The standard InChI is InChI=1S/C8H6INO5/c1-15-8(12)4-2-5(9)6(10(13)14)3-7(4)11/h2-3,11H,1H3. The predicted molar refractivity (Wildman–Crippen MR) is 58.8 cm³/mol. The summed E-state index contributed by atoms with van der Waals surface area (Å²) in [5.41, 5.74) is -0.340. The Morgan fingerprint density at radius 2 is 2.20 bits per heavy atom. The van der Waals surface area contributed by atoms with Crippen LogP contribution >= 0.6 is 22.6 Å². The molecule has 0 heterocycles. The molecule has 0 aliphatic carbocycles. The number of rotatable bonds is 2. The van der Waals surface area contributed by atoms with Crippen molar-refractivity contribution in [1.29, 1.82) is 0 Å². The first-order chi connectivity index (χ1) is 6.97. The largest absolute Gasteiger partial charge is 0.507 e. The maximum absolute atomic E-state index is 11.1. The molecule has 0 unspecified atom stereocenters. The highest BCUT2D eigenvalue weighted by atomic mass is 127. The van der Waals surface area contributed by atoms with E-state index < -0.39 is 16.6 Å². The summed E-state index contributed by atoms with van der Waals surface area (Å²) in [7, 11) is 1.16. The predicted octanol–water partition coefficient (Wildman–Crippen LogP) is 1.69. The lowest BCUT2D eigenvalue weighted by Gasteiger charge is -2.03. The van der Waals surface area contributed by atoms with Gasteiger partial charge in [-0.3, -0.25) is 10.1 Å². The van der Waals surface area contributed by atoms with Gasteiger partial charge in [0.2, 0.25) is 0 Å². The Balaban J connectivity index is 3.31. The van der Waals surface area contributed by atoms with Crippen LogP contribution in [0.3, 0.4) is 0 Å². The monoisotopic (exact) mass is 323 g/mol. The van der Waals surface area contributed by atoms with Gasteiger partial charge in [-0.1, -0.05) is 0 Å². The molecule has 0 saturated carbocycles. The van der Waals surface area contributed by atoms with Crippen LogP contribution < -0.4 is 0 Å². The summed E-state index contributed by atoms with van der Waals surface area (Å²) in [5, 5.41) is 19.9. The van der Waals surface area contributed by atoms with E-state index in [-0.39, 0.29) is 14.8 Å². The van der Waals surface area contributed by atoms with Gasteiger partial charge in [0, 0.05) is 0 Å². The molecule has 7 heteroatoms. The Labute approximate surface area is 98.1 Å². The molecule has 0 saturated heterocycles. The van der Waals surface area contributed by atoms with Crippen molar-refractivity contribution in [2.45, 2.75) is 0 Å². The molecule has 0 aliphatic rings. The van der Waals surface area contributed by atoms with Crippen LogP contribution in [0.2, 0.25) is 0 Å². The number of benzene rings is 1. The van der Waals surface area contributed by atoms with Crippen LogP contribution in [0.1, 0.15) is 10.4 Å². The number of nitro benzene ring substituents is 1. The number of esters is 1. The summed E-state index contributed by atoms with van der Waals surface area (Å²) >= 11 is 1.71. The Morgan fingerprint density at radius 1 is 1.60 bits per heavy atom. The first kappa shape index (κ1) is 11.7. The van der Waals surface area contributed by atoms with Crippen LogP contribution in [-0.4, -0.2) is 23.1 Å². The van der Waals surface area contributed by atoms with E-state index in [1.54, 1.807) is 22.6 Å². The third kappa shape index (κ3) is 2.35. The Morgan fingerprint density at radius 3 is 2.67 bits per heavy atom. The molecule has 0 aliphatic heterocycles. The quantitative estimate of drug-likeness (QED) is 0.387. The Bertz CT molecular complexity index is 431. The second-order valence-electron chi connectivity index (χ2n) is 2.57. The van der Waals surface area contributed by atoms with Gasteiger partial charge in [0.15, 0.2) is 0 Å². The van der Waals surface area contributed by atoms with Crippen molar-refractivity contribution in [3.63, 3.8) is 0 Å². The summed E-state index contributed by atoms with van der Waals surface area (Å²) in [4.78, 5) is 21.0. The van der Waals surface area contributed by atoms with Gasteiger partial charge in [0.25, 0.3) is 5.69 Å². The molecule has 1 aromatic carbocycles. The molecule has 15 heavy (non-hydrogen) atoms. The first-order valence-electron chi connectivity index (χ1n) is 3.72. The van der Waals surface area contributed by atoms with Crippen LogP contribution in [0.15, 0.2) is 12.1 Å². The smallest absolute Gasteiger partial charge is 0.341 e. The maximum Gasteiger partial charge on any atom is 0.341 e. The van der Waals surface area contributed by atoms with Crippen molar-refractivity contribution < 1.29 is 19.6 Å². The highest BCUT2D eigenvalue weighted by molar-refractivity contribution is 14.1. The molecule has 80 valence electrons. The van der Waals surface area contributed by atoms with E-state index in [2.05, 4.69) is 4.74 Å². The second-order valence-corrected chi connectivity index (χ2v) is 3.73. The zero-order chi connectivity index (χ0) is 11.6. The number of ether oxygens (including phenoxy) is 1. The van der Waals surface area contributed by atoms with E-state index in [0.29, 0.717) is 0 Å². The molecule has 0 aromatic heterocycles. The maximum atomic E-state index is 11.1. The van der Waals surface area contributed by atoms with Gasteiger partial charge in [-0.2, -0.15) is 0 Å². The molecular formula is C8H6INO5. The van der Waals surface area contributed by atoms with Crippen molar-refractivity contribution >= 4 is 34.2 Å². The SMILES string of the molecule is COC(=O)c1cc(I)c([N+](=O)[O-])cc1O. The van der Waals surface area contributed by atoms with Gasteiger partial charge < -0.3 is 9.84 Å². The summed E-state index contributed by atoms with van der Waals surface area (Å²) in [5.74, 6) is -1.20. The number of halogens is 1. The van der Waals surface area contributed by atoms with Gasteiger partial charge in [-0.25, -0.2) is 4.79 Å². The lowest BCUT2D eigenvalue weighted by Crippen LogP contribution is -2.03. The van der Waals surface area contributed by atoms with Crippen molar-refractivity contribution in [2.75, 3.05) is 7.11 Å². The normalized spacial score (nSPS) is 9.73. The zero-order valence-corrected chi connectivity index (χ0v) is 9.72. The fraction of sp³-hybridized carbons (Fsp3) is 0.125. The number of hydrogen-bond acceptors (Lipinski definition) is 5. The Hall–Kier alpha value is -1.38. The number of methoxy groups -OCH3 is 1. The number of carbonyl (C=O) groups excluding carboxylic acids is 1. The van der Waals surface area contributed by atoms with E-state index in [0.717, 1.165) is 13.2 Å². The highest BCUT2D eigenvalue weighted by Gasteiger charge is 2.20. The average molecular weight is 323 g/mol. The molecule has 1 N–H and O–H groups in total. The average Bonchev–Trinajstić information content (AvgIpc) is 2.19. The van der Waals surface area contributed by atoms with Gasteiger partial charge >= 0.3 is 5.97 Å². The van der Waals surface area contributed by atoms with Crippen LogP contribution in [0.25, 0.3) is 0 Å². The van der Waals surface area contributed by atoms with E-state index >= 15 is 0 Å². The first-order valence-corrected chi connectivity index (χ1v) is 4.80. The minimum Gasteiger partial charge on any atom is -0.507 e. The lowest BCUT2D eigenvalue weighted by molar-refractivity contribution is -0.385.